The molecule has 0 spiro atoms. The van der Waals surface area contributed by atoms with E-state index in [-0.39, 0.29) is 22.7 Å². The largest absolute Gasteiger partial charge is 0.465 e. The Morgan fingerprint density at radius 1 is 1.28 bits per heavy atom. The van der Waals surface area contributed by atoms with Gasteiger partial charge in [-0.05, 0) is 16.5 Å². The van der Waals surface area contributed by atoms with Gasteiger partial charge in [0.15, 0.2) is 0 Å². The van der Waals surface area contributed by atoms with Gasteiger partial charge in [0.1, 0.15) is 11.5 Å². The Morgan fingerprint density at radius 3 is 2.68 bits per heavy atom. The van der Waals surface area contributed by atoms with Gasteiger partial charge in [-0.1, -0.05) is 30.3 Å². The number of hydrogen-bond acceptors (Lipinski definition) is 5. The topological polar surface area (TPSA) is 55.8 Å². The molecule has 0 unspecified atom stereocenters. The van der Waals surface area contributed by atoms with Gasteiger partial charge in [0.05, 0.1) is 19.3 Å². The zero-order valence-electron chi connectivity index (χ0n) is 13.3. The van der Waals surface area contributed by atoms with Crippen molar-refractivity contribution in [2.24, 2.45) is 0 Å². The van der Waals surface area contributed by atoms with Gasteiger partial charge < -0.3 is 9.47 Å². The van der Waals surface area contributed by atoms with Crippen LogP contribution in [0.4, 0.5) is 19.3 Å². The Labute approximate surface area is 146 Å². The zero-order chi connectivity index (χ0) is 18.0. The molecule has 1 aliphatic heterocycles. The predicted molar refractivity (Wildman–Crippen MR) is 88.3 cm³/mol. The van der Waals surface area contributed by atoms with Crippen LogP contribution in [0.2, 0.25) is 0 Å². The number of carbonyl (C=O) groups excluding carboxylic acids is 2. The molecule has 0 aliphatic carbocycles. The summed E-state index contributed by atoms with van der Waals surface area (Å²) in [7, 11) is 1.20. The van der Waals surface area contributed by atoms with Crippen molar-refractivity contribution < 1.29 is 27.8 Å². The van der Waals surface area contributed by atoms with Gasteiger partial charge in [-0.2, -0.15) is 0 Å². The summed E-state index contributed by atoms with van der Waals surface area (Å²) in [5.74, 6) is -3.76. The summed E-state index contributed by atoms with van der Waals surface area (Å²) in [6, 6.07) is 8.90. The fourth-order valence-electron chi connectivity index (χ4n) is 2.64. The van der Waals surface area contributed by atoms with Crippen molar-refractivity contribution in [2.45, 2.75) is 19.0 Å². The molecule has 0 atom stereocenters. The van der Waals surface area contributed by atoms with E-state index >= 15 is 0 Å². The molecule has 1 amide bonds. The monoisotopic (exact) mass is 367 g/mol. The molecule has 0 fully saturated rings. The highest BCUT2D eigenvalue weighted by Crippen LogP contribution is 2.41. The van der Waals surface area contributed by atoms with Gasteiger partial charge in [0.2, 0.25) is 0 Å². The molecule has 1 aliphatic rings. The number of halogens is 2. The molecule has 3 rings (SSSR count). The lowest BCUT2D eigenvalue weighted by Gasteiger charge is -2.32. The van der Waals surface area contributed by atoms with Crippen LogP contribution in [0.1, 0.15) is 20.8 Å². The van der Waals surface area contributed by atoms with E-state index in [4.69, 9.17) is 4.74 Å². The third kappa shape index (κ3) is 3.63. The summed E-state index contributed by atoms with van der Waals surface area (Å²) < 4.78 is 37.8. The maximum atomic E-state index is 14.0. The van der Waals surface area contributed by atoms with Crippen molar-refractivity contribution in [1.82, 2.24) is 0 Å². The molecule has 0 bridgehead atoms. The summed E-state index contributed by atoms with van der Waals surface area (Å²) in [5, 5.41) is 1.45. The second-order valence-electron chi connectivity index (χ2n) is 5.59. The van der Waals surface area contributed by atoms with E-state index in [1.165, 1.54) is 12.5 Å². The second-order valence-corrected chi connectivity index (χ2v) is 6.47. The summed E-state index contributed by atoms with van der Waals surface area (Å²) in [5.41, 5.74) is 1.12. The van der Waals surface area contributed by atoms with Crippen LogP contribution in [0.25, 0.3) is 0 Å². The van der Waals surface area contributed by atoms with Crippen LogP contribution in [-0.4, -0.2) is 31.6 Å². The van der Waals surface area contributed by atoms with Crippen molar-refractivity contribution in [3.05, 3.63) is 51.7 Å². The van der Waals surface area contributed by atoms with Gasteiger partial charge in [-0.3, -0.25) is 4.90 Å². The number of hydrogen-bond donors (Lipinski definition) is 0. The SMILES string of the molecule is COC(=O)c1scc2c1N(C(=O)OCc1ccccc1)CC(F)(F)C2. The van der Waals surface area contributed by atoms with Gasteiger partial charge in [0, 0.05) is 6.42 Å². The molecule has 2 aromatic rings. The first-order valence-electron chi connectivity index (χ1n) is 7.46. The molecule has 1 aromatic heterocycles. The molecule has 0 saturated carbocycles. The Morgan fingerprint density at radius 2 is 2.00 bits per heavy atom. The minimum Gasteiger partial charge on any atom is -0.465 e. The number of rotatable bonds is 3. The predicted octanol–water partition coefficient (Wildman–Crippen LogP) is 3.87. The molecule has 0 radical (unpaired) electrons. The molecule has 5 nitrogen and oxygen atoms in total. The smallest absolute Gasteiger partial charge is 0.414 e. The number of nitrogens with zero attached hydrogens (tertiary/aromatic N) is 1. The summed E-state index contributed by atoms with van der Waals surface area (Å²) >= 11 is 0.977. The van der Waals surface area contributed by atoms with E-state index in [2.05, 4.69) is 4.74 Å². The van der Waals surface area contributed by atoms with Crippen LogP contribution in [0.5, 0.6) is 0 Å². The first-order chi connectivity index (χ1) is 11.9. The van der Waals surface area contributed by atoms with Crippen molar-refractivity contribution in [3.63, 3.8) is 0 Å². The van der Waals surface area contributed by atoms with Gasteiger partial charge in [0.25, 0.3) is 5.92 Å². The van der Waals surface area contributed by atoms with Gasteiger partial charge >= 0.3 is 12.1 Å². The number of ether oxygens (including phenoxy) is 2. The van der Waals surface area contributed by atoms with Crippen LogP contribution in [0, 0.1) is 0 Å². The number of benzene rings is 1. The Hall–Kier alpha value is -2.48. The Kier molecular flexibility index (Phi) is 4.71. The fourth-order valence-corrected chi connectivity index (χ4v) is 3.63. The van der Waals surface area contributed by atoms with Crippen molar-refractivity contribution >= 4 is 29.1 Å². The van der Waals surface area contributed by atoms with E-state index in [0.717, 1.165) is 21.8 Å². The molecule has 0 N–H and O–H groups in total. The van der Waals surface area contributed by atoms with E-state index in [9.17, 15) is 18.4 Å². The maximum absolute atomic E-state index is 14.0. The number of anilines is 1. The highest BCUT2D eigenvalue weighted by molar-refractivity contribution is 7.12. The molecule has 1 aromatic carbocycles. The lowest BCUT2D eigenvalue weighted by atomic mass is 10.0. The van der Waals surface area contributed by atoms with E-state index in [1.807, 2.05) is 6.07 Å². The minimum atomic E-state index is -3.09. The van der Waals surface area contributed by atoms with Crippen molar-refractivity contribution in [2.75, 3.05) is 18.6 Å². The first kappa shape index (κ1) is 17.3. The molecule has 2 heterocycles. The van der Waals surface area contributed by atoms with Crippen molar-refractivity contribution in [3.8, 4) is 0 Å². The van der Waals surface area contributed by atoms with Crippen LogP contribution in [-0.2, 0) is 22.5 Å². The van der Waals surface area contributed by atoms with Crippen LogP contribution in [0.15, 0.2) is 35.7 Å². The first-order valence-corrected chi connectivity index (χ1v) is 8.34. The number of amides is 1. The number of methoxy groups -OCH3 is 1. The third-order valence-electron chi connectivity index (χ3n) is 3.74. The maximum Gasteiger partial charge on any atom is 0.414 e. The third-order valence-corrected chi connectivity index (χ3v) is 4.74. The zero-order valence-corrected chi connectivity index (χ0v) is 14.1. The Bertz CT molecular complexity index is 791. The fraction of sp³-hybridized carbons (Fsp3) is 0.294. The molecule has 25 heavy (non-hydrogen) atoms. The van der Waals surface area contributed by atoms with Gasteiger partial charge in [-0.15, -0.1) is 11.3 Å². The molecule has 0 saturated heterocycles. The normalized spacial score (nSPS) is 15.4. The van der Waals surface area contributed by atoms with Crippen molar-refractivity contribution in [1.29, 1.82) is 0 Å². The van der Waals surface area contributed by atoms with Crippen LogP contribution < -0.4 is 4.90 Å². The number of thiophene rings is 1. The highest BCUT2D eigenvalue weighted by atomic mass is 32.1. The molecule has 132 valence electrons. The second kappa shape index (κ2) is 6.79. The quantitative estimate of drug-likeness (QED) is 0.773. The number of alkyl halides is 2. The lowest BCUT2D eigenvalue weighted by molar-refractivity contribution is 0.00447. The number of fused-ring (bicyclic) bond motifs is 1. The van der Waals surface area contributed by atoms with E-state index in [0.29, 0.717) is 0 Å². The number of esters is 1. The average Bonchev–Trinajstić information content (AvgIpc) is 3.01. The summed E-state index contributed by atoms with van der Waals surface area (Å²) in [6.07, 6.45) is -1.45. The standard InChI is InChI=1S/C17H15F2NO4S/c1-23-15(21)14-13-12(9-25-14)7-17(18,19)10-20(13)16(22)24-8-11-5-3-2-4-6-11/h2-6,9H,7-8,10H2,1H3. The Balaban J connectivity index is 1.86. The number of carbonyl (C=O) groups is 2. The van der Waals surface area contributed by atoms with Gasteiger partial charge in [-0.25, -0.2) is 18.4 Å². The van der Waals surface area contributed by atoms with Crippen LogP contribution in [0.3, 0.4) is 0 Å². The summed E-state index contributed by atoms with van der Waals surface area (Å²) in [6.45, 7) is -0.886. The van der Waals surface area contributed by atoms with E-state index < -0.39 is 31.0 Å². The highest BCUT2D eigenvalue weighted by Gasteiger charge is 2.44. The summed E-state index contributed by atoms with van der Waals surface area (Å²) in [4.78, 5) is 25.2. The average molecular weight is 367 g/mol. The molecular formula is C17H15F2NO4S. The lowest BCUT2D eigenvalue weighted by Crippen LogP contribution is -2.46. The molecular weight excluding hydrogens is 352 g/mol. The van der Waals surface area contributed by atoms with E-state index in [1.54, 1.807) is 24.3 Å². The minimum absolute atomic E-state index is 0.0469. The molecule has 8 heteroatoms. The van der Waals surface area contributed by atoms with Crippen LogP contribution >= 0.6 is 11.3 Å².